The third kappa shape index (κ3) is 2.36. The van der Waals surface area contributed by atoms with Crippen molar-refractivity contribution in [3.05, 3.63) is 35.4 Å². The molecule has 3 aliphatic heterocycles. The number of nitrogens with one attached hydrogen (secondary N) is 1. The average Bonchev–Trinajstić information content (AvgIpc) is 3.08. The molecule has 1 aromatic carbocycles. The predicted molar refractivity (Wildman–Crippen MR) is 94.4 cm³/mol. The Kier molecular flexibility index (Phi) is 4.01. The number of hydrogen-bond donors (Lipinski definition) is 3. The molecule has 0 aliphatic carbocycles. The number of fused-ring (bicyclic) bond motifs is 1. The predicted octanol–water partition coefficient (Wildman–Crippen LogP) is 0.337. The van der Waals surface area contributed by atoms with E-state index in [0.717, 1.165) is 4.90 Å². The van der Waals surface area contributed by atoms with Crippen molar-refractivity contribution < 1.29 is 29.4 Å². The van der Waals surface area contributed by atoms with Gasteiger partial charge in [0.05, 0.1) is 21.2 Å². The van der Waals surface area contributed by atoms with Crippen molar-refractivity contribution in [1.82, 2.24) is 10.2 Å². The molecule has 3 N–H and O–H groups in total. The van der Waals surface area contributed by atoms with Crippen LogP contribution in [0.15, 0.2) is 24.3 Å². The van der Waals surface area contributed by atoms with Crippen molar-refractivity contribution in [3.63, 3.8) is 0 Å². The van der Waals surface area contributed by atoms with E-state index in [0.29, 0.717) is 11.5 Å². The van der Waals surface area contributed by atoms with Crippen molar-refractivity contribution in [2.45, 2.75) is 22.2 Å². The molecule has 3 atom stereocenters. The van der Waals surface area contributed by atoms with Crippen LogP contribution >= 0.6 is 23.5 Å². The summed E-state index contributed by atoms with van der Waals surface area (Å²) in [6.45, 7) is 0. The van der Waals surface area contributed by atoms with Crippen LogP contribution < -0.4 is 5.32 Å². The number of carbonyl (C=O) groups excluding carboxylic acids is 2. The van der Waals surface area contributed by atoms with Crippen LogP contribution in [0.1, 0.15) is 20.7 Å². The molecule has 1 aromatic rings. The summed E-state index contributed by atoms with van der Waals surface area (Å²) in [5.41, 5.74) is 0.325. The summed E-state index contributed by atoms with van der Waals surface area (Å²) in [6, 6.07) is 3.76. The molecular formula is C16H14N2O6S2. The monoisotopic (exact) mass is 394 g/mol. The molecule has 8 nitrogen and oxygen atoms in total. The second kappa shape index (κ2) is 6.00. The molecule has 2 saturated heterocycles. The van der Waals surface area contributed by atoms with Crippen molar-refractivity contribution in [1.29, 1.82) is 0 Å². The number of thioether (sulfide) groups is 2. The minimum Gasteiger partial charge on any atom is -0.480 e. The topological polar surface area (TPSA) is 124 Å². The fourth-order valence-electron chi connectivity index (χ4n) is 3.50. The van der Waals surface area contributed by atoms with Crippen LogP contribution in [0, 0.1) is 0 Å². The van der Waals surface area contributed by atoms with Crippen LogP contribution in [0.2, 0.25) is 0 Å². The van der Waals surface area contributed by atoms with Gasteiger partial charge in [0.25, 0.3) is 11.8 Å². The number of hydrogen-bond acceptors (Lipinski definition) is 7. The Labute approximate surface area is 156 Å². The molecule has 10 heteroatoms. The Balaban J connectivity index is 1.68. The van der Waals surface area contributed by atoms with E-state index in [9.17, 15) is 29.4 Å². The number of carboxylic acid groups (broad SMARTS) is 2. The summed E-state index contributed by atoms with van der Waals surface area (Å²) in [7, 11) is 0. The highest BCUT2D eigenvalue weighted by Crippen LogP contribution is 2.51. The average molecular weight is 394 g/mol. The van der Waals surface area contributed by atoms with Crippen LogP contribution in [0.4, 0.5) is 0 Å². The van der Waals surface area contributed by atoms with Crippen molar-refractivity contribution in [2.75, 3.05) is 11.5 Å². The molecule has 2 fully saturated rings. The highest BCUT2D eigenvalue weighted by atomic mass is 32.2. The van der Waals surface area contributed by atoms with Crippen LogP contribution in [0.25, 0.3) is 0 Å². The van der Waals surface area contributed by atoms with E-state index in [2.05, 4.69) is 5.32 Å². The molecule has 4 rings (SSSR count). The fraction of sp³-hybridized carbons (Fsp3) is 0.375. The van der Waals surface area contributed by atoms with Gasteiger partial charge in [-0.25, -0.2) is 4.79 Å². The van der Waals surface area contributed by atoms with Gasteiger partial charge in [0.2, 0.25) is 0 Å². The Hall–Kier alpha value is -2.04. The SMILES string of the molecule is O=C(O)C(C1NC(C(=O)O)C2(CSC2)S1)N1C(=O)c2ccccc2C1=O. The first-order chi connectivity index (χ1) is 12.4. The van der Waals surface area contributed by atoms with E-state index in [1.807, 2.05) is 0 Å². The lowest BCUT2D eigenvalue weighted by Crippen LogP contribution is -2.57. The van der Waals surface area contributed by atoms with E-state index >= 15 is 0 Å². The van der Waals surface area contributed by atoms with Gasteiger partial charge in [-0.05, 0) is 12.1 Å². The number of nitrogens with zero attached hydrogens (tertiary/aromatic N) is 1. The molecule has 136 valence electrons. The van der Waals surface area contributed by atoms with E-state index < -0.39 is 46.0 Å². The first kappa shape index (κ1) is 17.4. The second-order valence-electron chi connectivity index (χ2n) is 6.34. The summed E-state index contributed by atoms with van der Waals surface area (Å²) in [5, 5.41) is 21.2. The summed E-state index contributed by atoms with van der Waals surface area (Å²) < 4.78 is -0.618. The molecule has 0 aromatic heterocycles. The van der Waals surface area contributed by atoms with Crippen LogP contribution in [-0.4, -0.2) is 72.6 Å². The van der Waals surface area contributed by atoms with E-state index in [1.54, 1.807) is 23.9 Å². The molecule has 3 unspecified atom stereocenters. The second-order valence-corrected chi connectivity index (χ2v) is 8.89. The minimum absolute atomic E-state index is 0.162. The third-order valence-electron chi connectivity index (χ3n) is 4.80. The van der Waals surface area contributed by atoms with Crippen molar-refractivity contribution >= 4 is 47.3 Å². The Morgan fingerprint density at radius 2 is 1.73 bits per heavy atom. The maximum atomic E-state index is 12.7. The Bertz CT molecular complexity index is 805. The van der Waals surface area contributed by atoms with E-state index in [1.165, 1.54) is 23.9 Å². The quantitative estimate of drug-likeness (QED) is 0.620. The molecule has 0 radical (unpaired) electrons. The van der Waals surface area contributed by atoms with Gasteiger partial charge in [0.1, 0.15) is 6.04 Å². The van der Waals surface area contributed by atoms with Crippen LogP contribution in [-0.2, 0) is 9.59 Å². The van der Waals surface area contributed by atoms with E-state index in [4.69, 9.17) is 0 Å². The number of carbonyl (C=O) groups is 4. The fourth-order valence-corrected chi connectivity index (χ4v) is 6.86. The standard InChI is InChI=1S/C16H14N2O6S2/c19-12-7-3-1-2-4-8(7)13(20)18(12)9(14(21)22)11-17-10(15(23)24)16(26-11)5-25-6-16/h1-4,9-11,17H,5-6H2,(H,21,22)(H,23,24). The Morgan fingerprint density at radius 1 is 1.15 bits per heavy atom. The van der Waals surface area contributed by atoms with E-state index in [-0.39, 0.29) is 11.1 Å². The number of rotatable bonds is 4. The summed E-state index contributed by atoms with van der Waals surface area (Å²) in [6.07, 6.45) is 0. The highest BCUT2D eigenvalue weighted by molar-refractivity contribution is 8.08. The number of imide groups is 1. The van der Waals surface area contributed by atoms with Gasteiger partial charge >= 0.3 is 11.9 Å². The minimum atomic E-state index is -1.49. The lowest BCUT2D eigenvalue weighted by molar-refractivity contribution is -0.143. The summed E-state index contributed by atoms with van der Waals surface area (Å²) in [4.78, 5) is 49.6. The Morgan fingerprint density at radius 3 is 2.12 bits per heavy atom. The van der Waals surface area contributed by atoms with Gasteiger partial charge in [0, 0.05) is 11.5 Å². The lowest BCUT2D eigenvalue weighted by atomic mass is 10.0. The van der Waals surface area contributed by atoms with Gasteiger partial charge in [-0.15, -0.1) is 11.8 Å². The maximum Gasteiger partial charge on any atom is 0.329 e. The third-order valence-corrected chi connectivity index (χ3v) is 8.25. The normalized spacial score (nSPS) is 27.3. The van der Waals surface area contributed by atoms with Crippen molar-refractivity contribution in [3.8, 4) is 0 Å². The van der Waals surface area contributed by atoms with Gasteiger partial charge < -0.3 is 10.2 Å². The highest BCUT2D eigenvalue weighted by Gasteiger charge is 2.60. The maximum absolute atomic E-state index is 12.7. The summed E-state index contributed by atoms with van der Waals surface area (Å²) >= 11 is 2.78. The zero-order valence-corrected chi connectivity index (χ0v) is 14.9. The van der Waals surface area contributed by atoms with Crippen LogP contribution in [0.3, 0.4) is 0 Å². The van der Waals surface area contributed by atoms with Gasteiger partial charge in [0.15, 0.2) is 6.04 Å². The largest absolute Gasteiger partial charge is 0.480 e. The number of carboxylic acids is 2. The number of aliphatic carboxylic acids is 2. The van der Waals surface area contributed by atoms with Gasteiger partial charge in [-0.3, -0.25) is 24.6 Å². The smallest absolute Gasteiger partial charge is 0.329 e. The number of amides is 2. The molecule has 0 bridgehead atoms. The number of benzene rings is 1. The molecule has 2 amide bonds. The first-order valence-corrected chi connectivity index (χ1v) is 9.83. The lowest BCUT2D eigenvalue weighted by Gasteiger charge is -2.39. The van der Waals surface area contributed by atoms with Crippen molar-refractivity contribution in [2.24, 2.45) is 0 Å². The molecule has 0 saturated carbocycles. The zero-order chi connectivity index (χ0) is 18.6. The molecular weight excluding hydrogens is 380 g/mol. The molecule has 3 aliphatic rings. The van der Waals surface area contributed by atoms with Gasteiger partial charge in [-0.2, -0.15) is 11.8 Å². The first-order valence-electron chi connectivity index (χ1n) is 7.80. The van der Waals surface area contributed by atoms with Crippen LogP contribution in [0.5, 0.6) is 0 Å². The summed E-state index contributed by atoms with van der Waals surface area (Å²) in [5.74, 6) is -2.60. The molecule has 1 spiro atoms. The molecule has 26 heavy (non-hydrogen) atoms. The van der Waals surface area contributed by atoms with Gasteiger partial charge in [-0.1, -0.05) is 12.1 Å². The zero-order valence-electron chi connectivity index (χ0n) is 13.2. The molecule has 3 heterocycles.